The maximum Gasteiger partial charge on any atom is 0.264 e. The van der Waals surface area contributed by atoms with Gasteiger partial charge in [-0.15, -0.1) is 0 Å². The fourth-order valence-electron chi connectivity index (χ4n) is 3.85. The average molecular weight is 481 g/mol. The second-order valence-corrected chi connectivity index (χ2v) is 10.1. The van der Waals surface area contributed by atoms with Gasteiger partial charge in [-0.05, 0) is 49.2 Å². The highest BCUT2D eigenvalue weighted by Gasteiger charge is 2.29. The van der Waals surface area contributed by atoms with Crippen LogP contribution in [0.4, 0.5) is 5.69 Å². The molecule has 1 amide bonds. The minimum atomic E-state index is -4.07. The van der Waals surface area contributed by atoms with Crippen molar-refractivity contribution < 1.29 is 22.7 Å². The smallest absolute Gasteiger partial charge is 0.264 e. The van der Waals surface area contributed by atoms with Crippen LogP contribution in [0.1, 0.15) is 38.5 Å². The Balaban J connectivity index is 1.91. The molecule has 7 nitrogen and oxygen atoms in total. The Morgan fingerprint density at radius 1 is 1.00 bits per heavy atom. The quantitative estimate of drug-likeness (QED) is 0.566. The van der Waals surface area contributed by atoms with Crippen LogP contribution < -0.4 is 19.1 Å². The zero-order chi connectivity index (χ0) is 23.1. The molecule has 1 aliphatic carbocycles. The minimum Gasteiger partial charge on any atom is -0.493 e. The summed E-state index contributed by atoms with van der Waals surface area (Å²) in [7, 11) is -1.16. The molecule has 0 radical (unpaired) electrons. The molecule has 174 valence electrons. The number of nitrogens with one attached hydrogen (secondary N) is 1. The van der Waals surface area contributed by atoms with E-state index in [1.54, 1.807) is 24.3 Å². The van der Waals surface area contributed by atoms with E-state index >= 15 is 0 Å². The van der Waals surface area contributed by atoms with Crippen LogP contribution in [0.2, 0.25) is 5.02 Å². The summed E-state index contributed by atoms with van der Waals surface area (Å²) in [4.78, 5) is 12.9. The van der Waals surface area contributed by atoms with Crippen LogP contribution in [0.25, 0.3) is 0 Å². The molecule has 0 aromatic heterocycles. The van der Waals surface area contributed by atoms with E-state index in [4.69, 9.17) is 21.1 Å². The zero-order valence-corrected chi connectivity index (χ0v) is 19.9. The number of halogens is 1. The predicted molar refractivity (Wildman–Crippen MR) is 125 cm³/mol. The standard InChI is InChI=1S/C23H29ClN2O5S/c1-30-21-14-13-20(15-22(21)31-2)32(28,29)26(19-11-9-17(24)10-12-19)16-23(27)25-18-7-5-3-4-6-8-18/h9-15,18H,3-8,16H2,1-2H3,(H,25,27). The van der Waals surface area contributed by atoms with E-state index in [2.05, 4.69) is 5.32 Å². The summed E-state index contributed by atoms with van der Waals surface area (Å²) in [6.45, 7) is -0.338. The largest absolute Gasteiger partial charge is 0.493 e. The van der Waals surface area contributed by atoms with Crippen LogP contribution in [-0.2, 0) is 14.8 Å². The number of rotatable bonds is 8. The Kier molecular flexibility index (Phi) is 8.26. The zero-order valence-electron chi connectivity index (χ0n) is 18.3. The van der Waals surface area contributed by atoms with E-state index in [-0.39, 0.29) is 29.1 Å². The minimum absolute atomic E-state index is 0.00707. The third-order valence-corrected chi connectivity index (χ3v) is 7.59. The van der Waals surface area contributed by atoms with Crippen LogP contribution in [0.3, 0.4) is 0 Å². The molecule has 0 spiro atoms. The van der Waals surface area contributed by atoms with Crippen molar-refractivity contribution in [1.82, 2.24) is 5.32 Å². The first-order valence-corrected chi connectivity index (χ1v) is 12.5. The number of anilines is 1. The van der Waals surface area contributed by atoms with Crippen molar-refractivity contribution in [2.75, 3.05) is 25.1 Å². The van der Waals surface area contributed by atoms with Gasteiger partial charge in [0.2, 0.25) is 5.91 Å². The number of carbonyl (C=O) groups is 1. The Morgan fingerprint density at radius 3 is 2.22 bits per heavy atom. The number of ether oxygens (including phenoxy) is 2. The fourth-order valence-corrected chi connectivity index (χ4v) is 5.42. The maximum atomic E-state index is 13.6. The number of carbonyl (C=O) groups excluding carboxylic acids is 1. The molecule has 3 rings (SSSR count). The molecular weight excluding hydrogens is 452 g/mol. The second-order valence-electron chi connectivity index (χ2n) is 7.76. The van der Waals surface area contributed by atoms with Gasteiger partial charge in [0.25, 0.3) is 10.0 Å². The van der Waals surface area contributed by atoms with E-state index in [1.165, 1.54) is 32.4 Å². The van der Waals surface area contributed by atoms with Gasteiger partial charge in [-0.2, -0.15) is 0 Å². The van der Waals surface area contributed by atoms with Crippen molar-refractivity contribution in [3.8, 4) is 11.5 Å². The Bertz CT molecular complexity index is 1020. The lowest BCUT2D eigenvalue weighted by molar-refractivity contribution is -0.120. The van der Waals surface area contributed by atoms with Crippen LogP contribution in [0, 0.1) is 0 Å². The van der Waals surface area contributed by atoms with Crippen molar-refractivity contribution in [2.45, 2.75) is 49.5 Å². The van der Waals surface area contributed by atoms with Crippen LogP contribution in [0.5, 0.6) is 11.5 Å². The van der Waals surface area contributed by atoms with Gasteiger partial charge in [0.1, 0.15) is 6.54 Å². The fraction of sp³-hybridized carbons (Fsp3) is 0.435. The van der Waals surface area contributed by atoms with Gasteiger partial charge in [0.15, 0.2) is 11.5 Å². The first kappa shape index (κ1) is 24.2. The third-order valence-electron chi connectivity index (χ3n) is 5.57. The monoisotopic (exact) mass is 480 g/mol. The van der Waals surface area contributed by atoms with Crippen molar-refractivity contribution >= 4 is 33.2 Å². The number of sulfonamides is 1. The van der Waals surface area contributed by atoms with Gasteiger partial charge < -0.3 is 14.8 Å². The van der Waals surface area contributed by atoms with E-state index < -0.39 is 10.0 Å². The highest BCUT2D eigenvalue weighted by atomic mass is 35.5. The normalized spacial score (nSPS) is 15.0. The molecule has 2 aromatic carbocycles. The highest BCUT2D eigenvalue weighted by molar-refractivity contribution is 7.92. The predicted octanol–water partition coefficient (Wildman–Crippen LogP) is 4.39. The Morgan fingerprint density at radius 2 is 1.62 bits per heavy atom. The number of methoxy groups -OCH3 is 2. The van der Waals surface area contributed by atoms with Crippen LogP contribution in [-0.4, -0.2) is 41.1 Å². The lowest BCUT2D eigenvalue weighted by Crippen LogP contribution is -2.44. The van der Waals surface area contributed by atoms with Crippen LogP contribution >= 0.6 is 11.6 Å². The first-order valence-electron chi connectivity index (χ1n) is 10.6. The Labute approximate surface area is 194 Å². The van der Waals surface area contributed by atoms with Gasteiger partial charge >= 0.3 is 0 Å². The van der Waals surface area contributed by atoms with Crippen molar-refractivity contribution in [2.24, 2.45) is 0 Å². The molecule has 1 saturated carbocycles. The molecule has 0 atom stereocenters. The molecule has 2 aromatic rings. The van der Waals surface area contributed by atoms with E-state index in [1.807, 2.05) is 0 Å². The van der Waals surface area contributed by atoms with Gasteiger partial charge in [-0.3, -0.25) is 9.10 Å². The van der Waals surface area contributed by atoms with E-state index in [9.17, 15) is 13.2 Å². The number of benzene rings is 2. The van der Waals surface area contributed by atoms with E-state index in [0.717, 1.165) is 42.8 Å². The summed E-state index contributed by atoms with van der Waals surface area (Å²) < 4.78 is 38.7. The van der Waals surface area contributed by atoms with Crippen molar-refractivity contribution in [3.05, 3.63) is 47.5 Å². The molecule has 0 saturated heterocycles. The maximum absolute atomic E-state index is 13.6. The van der Waals surface area contributed by atoms with Gasteiger partial charge in [-0.25, -0.2) is 8.42 Å². The summed E-state index contributed by atoms with van der Waals surface area (Å²) in [5.74, 6) is 0.360. The Hall–Kier alpha value is -2.45. The van der Waals surface area contributed by atoms with E-state index in [0.29, 0.717) is 16.5 Å². The molecule has 32 heavy (non-hydrogen) atoms. The number of hydrogen-bond donors (Lipinski definition) is 1. The van der Waals surface area contributed by atoms with Crippen molar-refractivity contribution in [3.63, 3.8) is 0 Å². The molecule has 0 bridgehead atoms. The third kappa shape index (κ3) is 5.86. The highest BCUT2D eigenvalue weighted by Crippen LogP contribution is 2.32. The molecule has 0 aliphatic heterocycles. The first-order chi connectivity index (χ1) is 15.3. The summed E-state index contributed by atoms with van der Waals surface area (Å²) in [6, 6.07) is 10.8. The molecule has 1 aliphatic rings. The molecule has 0 heterocycles. The topological polar surface area (TPSA) is 84.9 Å². The number of amides is 1. The van der Waals surface area contributed by atoms with Crippen LogP contribution in [0.15, 0.2) is 47.4 Å². The number of hydrogen-bond acceptors (Lipinski definition) is 5. The number of nitrogens with zero attached hydrogens (tertiary/aromatic N) is 1. The summed E-state index contributed by atoms with van der Waals surface area (Å²) in [6.07, 6.45) is 6.28. The summed E-state index contributed by atoms with van der Waals surface area (Å²) in [5, 5.41) is 3.49. The van der Waals surface area contributed by atoms with Gasteiger partial charge in [0.05, 0.1) is 24.8 Å². The molecular formula is C23H29ClN2O5S. The lowest BCUT2D eigenvalue weighted by Gasteiger charge is -2.26. The molecule has 1 fully saturated rings. The SMILES string of the molecule is COc1ccc(S(=O)(=O)N(CC(=O)NC2CCCCCC2)c2ccc(Cl)cc2)cc1OC. The van der Waals surface area contributed by atoms with Crippen molar-refractivity contribution in [1.29, 1.82) is 0 Å². The summed E-state index contributed by atoms with van der Waals surface area (Å²) in [5.41, 5.74) is 0.347. The lowest BCUT2D eigenvalue weighted by atomic mass is 10.1. The summed E-state index contributed by atoms with van der Waals surface area (Å²) >= 11 is 5.99. The van der Waals surface area contributed by atoms with Gasteiger partial charge in [0, 0.05) is 17.1 Å². The molecule has 9 heteroatoms. The molecule has 1 N–H and O–H groups in total. The molecule has 0 unspecified atom stereocenters. The average Bonchev–Trinajstić information content (AvgIpc) is 3.06. The second kappa shape index (κ2) is 10.9. The van der Waals surface area contributed by atoms with Gasteiger partial charge in [-0.1, -0.05) is 37.3 Å².